The van der Waals surface area contributed by atoms with E-state index in [1.807, 2.05) is 0 Å². The Bertz CT molecular complexity index is 41.3. The van der Waals surface area contributed by atoms with Crippen LogP contribution < -0.4 is 5.90 Å². The van der Waals surface area contributed by atoms with Crippen molar-refractivity contribution in [2.24, 2.45) is 5.90 Å². The third kappa shape index (κ3) is 0.518. The first-order valence-electron chi connectivity index (χ1n) is 1.87. The minimum Gasteiger partial charge on any atom is -0.376 e. The van der Waals surface area contributed by atoms with E-state index in [-0.39, 0.29) is 6.10 Å². The van der Waals surface area contributed by atoms with Crippen LogP contribution in [0.5, 0.6) is 0 Å². The van der Waals surface area contributed by atoms with Gasteiger partial charge >= 0.3 is 0 Å². The van der Waals surface area contributed by atoms with Gasteiger partial charge in [-0.3, -0.25) is 4.84 Å². The lowest BCUT2D eigenvalue weighted by Gasteiger charge is -2.22. The molecule has 0 radical (unpaired) electrons. The summed E-state index contributed by atoms with van der Waals surface area (Å²) in [7, 11) is 0. The first-order chi connectivity index (χ1) is 2.93. The zero-order valence-corrected chi connectivity index (χ0v) is 3.39. The van der Waals surface area contributed by atoms with Crippen molar-refractivity contribution in [3.05, 3.63) is 0 Å². The van der Waals surface area contributed by atoms with Crippen LogP contribution in [-0.4, -0.2) is 19.3 Å². The molecule has 6 heavy (non-hydrogen) atoms. The Morgan fingerprint density at radius 1 is 1.67 bits per heavy atom. The fourth-order valence-electron chi connectivity index (χ4n) is 0.293. The number of rotatable bonds is 1. The average molecular weight is 89.1 g/mol. The molecular formula is C3H7NO2. The van der Waals surface area contributed by atoms with Gasteiger partial charge in [-0.15, -0.1) is 0 Å². The number of hydrogen-bond acceptors (Lipinski definition) is 3. The normalized spacial score (nSPS) is 23.5. The van der Waals surface area contributed by atoms with Gasteiger partial charge in [0.05, 0.1) is 13.2 Å². The summed E-state index contributed by atoms with van der Waals surface area (Å²) in [6, 6.07) is 0. The van der Waals surface area contributed by atoms with Gasteiger partial charge in [0.1, 0.15) is 6.10 Å². The number of hydrogen-bond donors (Lipinski definition) is 1. The van der Waals surface area contributed by atoms with Crippen LogP contribution in [0.15, 0.2) is 0 Å². The minimum absolute atomic E-state index is 0.171. The molecule has 0 aliphatic carbocycles. The molecular weight excluding hydrogens is 82.0 g/mol. The molecule has 0 unspecified atom stereocenters. The van der Waals surface area contributed by atoms with E-state index in [1.165, 1.54) is 0 Å². The predicted molar refractivity (Wildman–Crippen MR) is 19.9 cm³/mol. The highest BCUT2D eigenvalue weighted by Crippen LogP contribution is 2.00. The lowest BCUT2D eigenvalue weighted by Crippen LogP contribution is -2.37. The maximum atomic E-state index is 4.75. The van der Waals surface area contributed by atoms with Crippen LogP contribution in [-0.2, 0) is 9.57 Å². The van der Waals surface area contributed by atoms with Gasteiger partial charge in [-0.25, -0.2) is 5.90 Å². The highest BCUT2D eigenvalue weighted by atomic mass is 16.7. The van der Waals surface area contributed by atoms with Gasteiger partial charge in [0, 0.05) is 0 Å². The molecule has 0 saturated carbocycles. The molecule has 1 fully saturated rings. The highest BCUT2D eigenvalue weighted by molar-refractivity contribution is 4.61. The summed E-state index contributed by atoms with van der Waals surface area (Å²) < 4.78 is 4.72. The Labute approximate surface area is 36.0 Å². The Hall–Kier alpha value is -0.120. The predicted octanol–water partition coefficient (Wildman–Crippen LogP) is -0.725. The summed E-state index contributed by atoms with van der Waals surface area (Å²) >= 11 is 0. The van der Waals surface area contributed by atoms with Gasteiger partial charge in [0.15, 0.2) is 0 Å². The van der Waals surface area contributed by atoms with Crippen molar-refractivity contribution >= 4 is 0 Å². The van der Waals surface area contributed by atoms with Gasteiger partial charge in [-0.1, -0.05) is 0 Å². The molecule has 1 saturated heterocycles. The fraction of sp³-hybridized carbons (Fsp3) is 1.00. The van der Waals surface area contributed by atoms with E-state index >= 15 is 0 Å². The maximum Gasteiger partial charge on any atom is 0.125 e. The van der Waals surface area contributed by atoms with E-state index in [9.17, 15) is 0 Å². The van der Waals surface area contributed by atoms with Crippen molar-refractivity contribution < 1.29 is 9.57 Å². The van der Waals surface area contributed by atoms with Crippen LogP contribution in [0.25, 0.3) is 0 Å². The zero-order chi connectivity index (χ0) is 4.41. The van der Waals surface area contributed by atoms with Crippen molar-refractivity contribution in [3.63, 3.8) is 0 Å². The molecule has 1 aliphatic heterocycles. The number of nitrogens with two attached hydrogens (primary N) is 1. The van der Waals surface area contributed by atoms with Crippen LogP contribution in [0.4, 0.5) is 0 Å². The maximum absolute atomic E-state index is 4.75. The molecule has 1 rings (SSSR count). The van der Waals surface area contributed by atoms with E-state index in [0.717, 1.165) is 0 Å². The Morgan fingerprint density at radius 2 is 2.33 bits per heavy atom. The molecule has 0 amide bonds. The summed E-state index contributed by atoms with van der Waals surface area (Å²) in [6.45, 7) is 1.33. The molecule has 3 nitrogen and oxygen atoms in total. The third-order valence-electron chi connectivity index (χ3n) is 0.800. The van der Waals surface area contributed by atoms with Crippen LogP contribution in [0.3, 0.4) is 0 Å². The van der Waals surface area contributed by atoms with E-state index < -0.39 is 0 Å². The molecule has 1 heterocycles. The third-order valence-corrected chi connectivity index (χ3v) is 0.800. The second kappa shape index (κ2) is 1.55. The van der Waals surface area contributed by atoms with E-state index in [1.54, 1.807) is 0 Å². The zero-order valence-electron chi connectivity index (χ0n) is 3.39. The van der Waals surface area contributed by atoms with Gasteiger partial charge in [0.25, 0.3) is 0 Å². The standard InChI is InChI=1S/C3H7NO2/c4-6-3-1-5-2-3/h3H,1-2,4H2. The van der Waals surface area contributed by atoms with Crippen molar-refractivity contribution in [3.8, 4) is 0 Å². The second-order valence-electron chi connectivity index (χ2n) is 1.30. The first kappa shape index (κ1) is 4.05. The molecule has 0 spiro atoms. The summed E-state index contributed by atoms with van der Waals surface area (Å²) in [6.07, 6.45) is 0.171. The highest BCUT2D eigenvalue weighted by Gasteiger charge is 2.16. The van der Waals surface area contributed by atoms with Gasteiger partial charge in [-0.2, -0.15) is 0 Å². The Kier molecular flexibility index (Phi) is 1.05. The van der Waals surface area contributed by atoms with Crippen molar-refractivity contribution in [1.82, 2.24) is 0 Å². The molecule has 36 valence electrons. The lowest BCUT2D eigenvalue weighted by atomic mass is 10.3. The van der Waals surface area contributed by atoms with Crippen LogP contribution in [0.1, 0.15) is 0 Å². The smallest absolute Gasteiger partial charge is 0.125 e. The van der Waals surface area contributed by atoms with Gasteiger partial charge < -0.3 is 4.74 Å². The molecule has 0 bridgehead atoms. The summed E-state index contributed by atoms with van der Waals surface area (Å²) in [5.41, 5.74) is 0. The lowest BCUT2D eigenvalue weighted by molar-refractivity contribution is -0.131. The van der Waals surface area contributed by atoms with Crippen LogP contribution in [0, 0.1) is 0 Å². The topological polar surface area (TPSA) is 44.5 Å². The quantitative estimate of drug-likeness (QED) is 0.431. The fourth-order valence-corrected chi connectivity index (χ4v) is 0.293. The summed E-state index contributed by atoms with van der Waals surface area (Å²) in [4.78, 5) is 4.36. The van der Waals surface area contributed by atoms with Gasteiger partial charge in [-0.05, 0) is 0 Å². The van der Waals surface area contributed by atoms with Crippen molar-refractivity contribution in [2.45, 2.75) is 6.10 Å². The molecule has 0 aromatic heterocycles. The second-order valence-corrected chi connectivity index (χ2v) is 1.30. The molecule has 2 N–H and O–H groups in total. The largest absolute Gasteiger partial charge is 0.376 e. The molecule has 0 aromatic rings. The first-order valence-corrected chi connectivity index (χ1v) is 1.87. The van der Waals surface area contributed by atoms with Crippen molar-refractivity contribution in [1.29, 1.82) is 0 Å². The van der Waals surface area contributed by atoms with E-state index in [2.05, 4.69) is 4.84 Å². The van der Waals surface area contributed by atoms with E-state index in [0.29, 0.717) is 13.2 Å². The minimum atomic E-state index is 0.171. The molecule has 1 aliphatic rings. The molecule has 0 atom stereocenters. The average Bonchev–Trinajstić information content (AvgIpc) is 1.31. The SMILES string of the molecule is NOC1COC1. The summed E-state index contributed by atoms with van der Waals surface area (Å²) in [5.74, 6) is 4.75. The number of ether oxygens (including phenoxy) is 1. The van der Waals surface area contributed by atoms with E-state index in [4.69, 9.17) is 10.6 Å². The van der Waals surface area contributed by atoms with Crippen LogP contribution in [0.2, 0.25) is 0 Å². The van der Waals surface area contributed by atoms with Crippen LogP contribution >= 0.6 is 0 Å². The van der Waals surface area contributed by atoms with Gasteiger partial charge in [0.2, 0.25) is 0 Å². The van der Waals surface area contributed by atoms with Crippen molar-refractivity contribution in [2.75, 3.05) is 13.2 Å². The molecule has 0 aromatic carbocycles. The Balaban J connectivity index is 2.01. The Morgan fingerprint density at radius 3 is 2.33 bits per heavy atom. The molecule has 3 heteroatoms. The summed E-state index contributed by atoms with van der Waals surface area (Å²) in [5, 5.41) is 0. The monoisotopic (exact) mass is 89.0 g/mol.